The summed E-state index contributed by atoms with van der Waals surface area (Å²) in [4.78, 5) is 36.0. The quantitative estimate of drug-likeness (QED) is 0.766. The van der Waals surface area contributed by atoms with E-state index in [0.29, 0.717) is 6.54 Å². The van der Waals surface area contributed by atoms with Crippen molar-refractivity contribution in [3.63, 3.8) is 0 Å². The number of nitrogens with one attached hydrogen (secondary N) is 1. The first-order valence-corrected chi connectivity index (χ1v) is 7.66. The first kappa shape index (κ1) is 18.7. The number of amides is 2. The van der Waals surface area contributed by atoms with Crippen molar-refractivity contribution in [2.45, 2.75) is 39.7 Å². The van der Waals surface area contributed by atoms with E-state index in [1.165, 1.54) is 11.8 Å². The number of carboxylic acid groups (broad SMARTS) is 1. The molecule has 0 spiro atoms. The minimum absolute atomic E-state index is 0.0884. The van der Waals surface area contributed by atoms with Gasteiger partial charge in [-0.05, 0) is 19.4 Å². The Kier molecular flexibility index (Phi) is 7.25. The average Bonchev–Trinajstić information content (AvgIpc) is 2.47. The number of benzene rings is 1. The van der Waals surface area contributed by atoms with Crippen molar-refractivity contribution in [2.24, 2.45) is 0 Å². The molecule has 0 saturated heterocycles. The van der Waals surface area contributed by atoms with Gasteiger partial charge >= 0.3 is 5.97 Å². The lowest BCUT2D eigenvalue weighted by atomic mass is 10.0. The van der Waals surface area contributed by atoms with Crippen LogP contribution < -0.4 is 5.32 Å². The standard InChI is InChI=1S/C17H24N2O4/c1-4-19(10-9-17(22)23)16(21)11-15(18-13(3)20)14-7-5-12(2)6-8-14/h5-8,15H,4,9-11H2,1-3H3,(H,18,20)(H,22,23). The van der Waals surface area contributed by atoms with E-state index in [0.717, 1.165) is 11.1 Å². The molecule has 126 valence electrons. The molecule has 6 nitrogen and oxygen atoms in total. The number of hydrogen-bond acceptors (Lipinski definition) is 3. The molecule has 0 fully saturated rings. The largest absolute Gasteiger partial charge is 0.481 e. The normalized spacial score (nSPS) is 11.6. The fourth-order valence-electron chi connectivity index (χ4n) is 2.29. The number of aliphatic carboxylic acids is 1. The van der Waals surface area contributed by atoms with Gasteiger partial charge in [-0.25, -0.2) is 0 Å². The van der Waals surface area contributed by atoms with Gasteiger partial charge in [0.25, 0.3) is 0 Å². The zero-order chi connectivity index (χ0) is 17.4. The van der Waals surface area contributed by atoms with Gasteiger partial charge in [0, 0.05) is 20.0 Å². The van der Waals surface area contributed by atoms with Gasteiger partial charge in [-0.2, -0.15) is 0 Å². The highest BCUT2D eigenvalue weighted by Gasteiger charge is 2.21. The van der Waals surface area contributed by atoms with Crippen molar-refractivity contribution in [1.82, 2.24) is 10.2 Å². The summed E-state index contributed by atoms with van der Waals surface area (Å²) in [6.45, 7) is 5.79. The highest BCUT2D eigenvalue weighted by molar-refractivity contribution is 5.79. The third kappa shape index (κ3) is 6.50. The molecule has 1 atom stereocenters. The molecule has 0 saturated carbocycles. The van der Waals surface area contributed by atoms with E-state index in [-0.39, 0.29) is 31.2 Å². The monoisotopic (exact) mass is 320 g/mol. The number of carbonyl (C=O) groups is 3. The molecule has 0 aliphatic heterocycles. The van der Waals surface area contributed by atoms with Gasteiger partial charge in [0.2, 0.25) is 11.8 Å². The minimum atomic E-state index is -0.937. The summed E-state index contributed by atoms with van der Waals surface area (Å²) in [5, 5.41) is 11.5. The van der Waals surface area contributed by atoms with Crippen molar-refractivity contribution in [2.75, 3.05) is 13.1 Å². The van der Waals surface area contributed by atoms with Crippen LogP contribution >= 0.6 is 0 Å². The van der Waals surface area contributed by atoms with Crippen LogP contribution in [0.3, 0.4) is 0 Å². The molecule has 2 amide bonds. The van der Waals surface area contributed by atoms with E-state index in [1.807, 2.05) is 31.2 Å². The van der Waals surface area contributed by atoms with Gasteiger partial charge < -0.3 is 15.3 Å². The van der Waals surface area contributed by atoms with Crippen LogP contribution in [-0.2, 0) is 14.4 Å². The molecule has 1 rings (SSSR count). The van der Waals surface area contributed by atoms with Crippen molar-refractivity contribution < 1.29 is 19.5 Å². The fraction of sp³-hybridized carbons (Fsp3) is 0.471. The van der Waals surface area contributed by atoms with Gasteiger partial charge in [-0.3, -0.25) is 14.4 Å². The Balaban J connectivity index is 2.82. The molecule has 1 aromatic carbocycles. The van der Waals surface area contributed by atoms with E-state index in [4.69, 9.17) is 5.11 Å². The lowest BCUT2D eigenvalue weighted by molar-refractivity contribution is -0.138. The predicted octanol–water partition coefficient (Wildman–Crippen LogP) is 1.89. The SMILES string of the molecule is CCN(CCC(=O)O)C(=O)CC(NC(C)=O)c1ccc(C)cc1. The summed E-state index contributed by atoms with van der Waals surface area (Å²) in [6.07, 6.45) is 0.0189. The first-order chi connectivity index (χ1) is 10.8. The van der Waals surface area contributed by atoms with Crippen molar-refractivity contribution in [3.8, 4) is 0 Å². The average molecular weight is 320 g/mol. The molecule has 0 aliphatic rings. The Morgan fingerprint density at radius 3 is 2.30 bits per heavy atom. The molecule has 1 aromatic rings. The van der Waals surface area contributed by atoms with Crippen LogP contribution in [0.15, 0.2) is 24.3 Å². The zero-order valence-corrected chi connectivity index (χ0v) is 13.8. The molecule has 0 radical (unpaired) electrons. The lowest BCUT2D eigenvalue weighted by Gasteiger charge is -2.24. The Bertz CT molecular complexity index is 554. The van der Waals surface area contributed by atoms with Crippen LogP contribution in [0.1, 0.15) is 43.9 Å². The van der Waals surface area contributed by atoms with E-state index < -0.39 is 12.0 Å². The predicted molar refractivity (Wildman–Crippen MR) is 86.9 cm³/mol. The summed E-state index contributed by atoms with van der Waals surface area (Å²) >= 11 is 0. The molecule has 0 bridgehead atoms. The van der Waals surface area contributed by atoms with Crippen LogP contribution in [0, 0.1) is 6.92 Å². The number of hydrogen-bond donors (Lipinski definition) is 2. The number of nitrogens with zero attached hydrogens (tertiary/aromatic N) is 1. The van der Waals surface area contributed by atoms with E-state index in [1.54, 1.807) is 6.92 Å². The van der Waals surface area contributed by atoms with Crippen molar-refractivity contribution >= 4 is 17.8 Å². The summed E-state index contributed by atoms with van der Waals surface area (Å²) in [5.74, 6) is -1.32. The van der Waals surface area contributed by atoms with Crippen LogP contribution in [0.5, 0.6) is 0 Å². The van der Waals surface area contributed by atoms with Gasteiger partial charge in [0.05, 0.1) is 18.9 Å². The highest BCUT2D eigenvalue weighted by atomic mass is 16.4. The van der Waals surface area contributed by atoms with Crippen LogP contribution in [0.4, 0.5) is 0 Å². The maximum absolute atomic E-state index is 12.4. The van der Waals surface area contributed by atoms with Crippen molar-refractivity contribution in [3.05, 3.63) is 35.4 Å². The number of carbonyl (C=O) groups excluding carboxylic acids is 2. The second kappa shape index (κ2) is 8.92. The third-order valence-electron chi connectivity index (χ3n) is 3.57. The topological polar surface area (TPSA) is 86.7 Å². The second-order valence-corrected chi connectivity index (χ2v) is 5.49. The Labute approximate surface area is 136 Å². The second-order valence-electron chi connectivity index (χ2n) is 5.49. The summed E-state index contributed by atoms with van der Waals surface area (Å²) in [5.41, 5.74) is 1.95. The molecule has 0 heterocycles. The molecule has 0 aromatic heterocycles. The van der Waals surface area contributed by atoms with E-state index in [9.17, 15) is 14.4 Å². The number of rotatable bonds is 8. The van der Waals surface area contributed by atoms with Gasteiger partial charge in [0.1, 0.15) is 0 Å². The summed E-state index contributed by atoms with van der Waals surface area (Å²) in [7, 11) is 0. The maximum atomic E-state index is 12.4. The first-order valence-electron chi connectivity index (χ1n) is 7.66. The Morgan fingerprint density at radius 1 is 1.22 bits per heavy atom. The summed E-state index contributed by atoms with van der Waals surface area (Å²) in [6, 6.07) is 7.21. The molecular formula is C17H24N2O4. The third-order valence-corrected chi connectivity index (χ3v) is 3.57. The van der Waals surface area contributed by atoms with Gasteiger partial charge in [-0.1, -0.05) is 29.8 Å². The number of aryl methyl sites for hydroxylation is 1. The molecular weight excluding hydrogens is 296 g/mol. The van der Waals surface area contributed by atoms with Crippen molar-refractivity contribution in [1.29, 1.82) is 0 Å². The number of carboxylic acids is 1. The highest BCUT2D eigenvalue weighted by Crippen LogP contribution is 2.19. The van der Waals surface area contributed by atoms with Gasteiger partial charge in [-0.15, -0.1) is 0 Å². The van der Waals surface area contributed by atoms with Crippen LogP contribution in [0.2, 0.25) is 0 Å². The summed E-state index contributed by atoms with van der Waals surface area (Å²) < 4.78 is 0. The lowest BCUT2D eigenvalue weighted by Crippen LogP contribution is -2.37. The molecule has 23 heavy (non-hydrogen) atoms. The fourth-order valence-corrected chi connectivity index (χ4v) is 2.29. The Hall–Kier alpha value is -2.37. The minimum Gasteiger partial charge on any atom is -0.481 e. The van der Waals surface area contributed by atoms with E-state index >= 15 is 0 Å². The molecule has 0 aliphatic carbocycles. The molecule has 6 heteroatoms. The zero-order valence-electron chi connectivity index (χ0n) is 13.8. The van der Waals surface area contributed by atoms with E-state index in [2.05, 4.69) is 5.32 Å². The smallest absolute Gasteiger partial charge is 0.305 e. The van der Waals surface area contributed by atoms with Gasteiger partial charge in [0.15, 0.2) is 0 Å². The van der Waals surface area contributed by atoms with Crippen LogP contribution in [-0.4, -0.2) is 40.9 Å². The molecule has 2 N–H and O–H groups in total. The van der Waals surface area contributed by atoms with Crippen LogP contribution in [0.25, 0.3) is 0 Å². The Morgan fingerprint density at radius 2 is 1.83 bits per heavy atom. The maximum Gasteiger partial charge on any atom is 0.305 e. The molecule has 1 unspecified atom stereocenters.